The van der Waals surface area contributed by atoms with Crippen LogP contribution < -0.4 is 5.32 Å². The Kier molecular flexibility index (Phi) is 3.64. The molecular weight excluding hydrogens is 218 g/mol. The standard InChI is InChI=1S/C13H17NO3/c15-12-7-2-1-6-11(12)14-10-5-3-4-9(8-10)13(16)17/h3-5,8,11-12,14-15H,1-2,6-7H2,(H,16,17)/t11-,12-/m0/s1. The Labute approximate surface area is 100 Å². The van der Waals surface area contributed by atoms with Crippen molar-refractivity contribution >= 4 is 11.7 Å². The van der Waals surface area contributed by atoms with Gasteiger partial charge in [-0.15, -0.1) is 0 Å². The number of aliphatic hydroxyl groups is 1. The Morgan fingerprint density at radius 1 is 1.29 bits per heavy atom. The number of hydrogen-bond acceptors (Lipinski definition) is 3. The highest BCUT2D eigenvalue weighted by Gasteiger charge is 2.22. The van der Waals surface area contributed by atoms with Crippen LogP contribution in [0.15, 0.2) is 24.3 Å². The fourth-order valence-corrected chi connectivity index (χ4v) is 2.24. The van der Waals surface area contributed by atoms with Gasteiger partial charge in [-0.05, 0) is 31.0 Å². The average Bonchev–Trinajstić information content (AvgIpc) is 2.32. The lowest BCUT2D eigenvalue weighted by molar-refractivity contribution is 0.0697. The number of carbonyl (C=O) groups is 1. The van der Waals surface area contributed by atoms with E-state index in [1.54, 1.807) is 18.2 Å². The molecule has 0 aromatic heterocycles. The minimum Gasteiger partial charge on any atom is -0.478 e. The minimum atomic E-state index is -0.933. The molecular formula is C13H17NO3. The lowest BCUT2D eigenvalue weighted by Gasteiger charge is -2.29. The second-order valence-electron chi connectivity index (χ2n) is 4.49. The highest BCUT2D eigenvalue weighted by atomic mass is 16.4. The van der Waals surface area contributed by atoms with Crippen LogP contribution in [0.2, 0.25) is 0 Å². The highest BCUT2D eigenvalue weighted by Crippen LogP contribution is 2.22. The van der Waals surface area contributed by atoms with E-state index >= 15 is 0 Å². The van der Waals surface area contributed by atoms with Gasteiger partial charge in [0.2, 0.25) is 0 Å². The zero-order chi connectivity index (χ0) is 12.3. The Bertz CT molecular complexity index is 405. The summed E-state index contributed by atoms with van der Waals surface area (Å²) in [6.07, 6.45) is 3.58. The number of carboxylic acids is 1. The summed E-state index contributed by atoms with van der Waals surface area (Å²) in [7, 11) is 0. The molecule has 1 fully saturated rings. The Hall–Kier alpha value is -1.55. The quantitative estimate of drug-likeness (QED) is 0.750. The molecule has 4 heteroatoms. The average molecular weight is 235 g/mol. The first-order chi connectivity index (χ1) is 8.16. The molecule has 0 bridgehead atoms. The van der Waals surface area contributed by atoms with Gasteiger partial charge in [-0.25, -0.2) is 4.79 Å². The molecule has 4 nitrogen and oxygen atoms in total. The number of aliphatic hydroxyl groups excluding tert-OH is 1. The molecule has 0 saturated heterocycles. The number of rotatable bonds is 3. The number of aromatic carboxylic acids is 1. The third kappa shape index (κ3) is 2.97. The molecule has 17 heavy (non-hydrogen) atoms. The lowest BCUT2D eigenvalue weighted by atomic mass is 9.92. The van der Waals surface area contributed by atoms with Crippen LogP contribution in [0.4, 0.5) is 5.69 Å². The zero-order valence-corrected chi connectivity index (χ0v) is 9.60. The SMILES string of the molecule is O=C(O)c1cccc(N[C@H]2CCCC[C@@H]2O)c1. The van der Waals surface area contributed by atoms with Gasteiger partial charge in [-0.1, -0.05) is 18.9 Å². The largest absolute Gasteiger partial charge is 0.478 e. The van der Waals surface area contributed by atoms with Gasteiger partial charge in [0.05, 0.1) is 17.7 Å². The second-order valence-corrected chi connectivity index (χ2v) is 4.49. The smallest absolute Gasteiger partial charge is 0.335 e. The van der Waals surface area contributed by atoms with Gasteiger partial charge in [0.15, 0.2) is 0 Å². The van der Waals surface area contributed by atoms with Gasteiger partial charge in [-0.2, -0.15) is 0 Å². The molecule has 1 aromatic carbocycles. The number of anilines is 1. The molecule has 0 unspecified atom stereocenters. The number of nitrogens with one attached hydrogen (secondary N) is 1. The molecule has 2 atom stereocenters. The van der Waals surface area contributed by atoms with Crippen molar-refractivity contribution in [3.05, 3.63) is 29.8 Å². The second kappa shape index (κ2) is 5.19. The normalized spacial score (nSPS) is 24.3. The first kappa shape index (κ1) is 11.9. The number of benzene rings is 1. The molecule has 0 radical (unpaired) electrons. The van der Waals surface area contributed by atoms with E-state index < -0.39 is 5.97 Å². The first-order valence-electron chi connectivity index (χ1n) is 5.95. The van der Waals surface area contributed by atoms with Crippen LogP contribution in [0.5, 0.6) is 0 Å². The van der Waals surface area contributed by atoms with Crippen molar-refractivity contribution < 1.29 is 15.0 Å². The fourth-order valence-electron chi connectivity index (χ4n) is 2.24. The molecule has 1 aromatic rings. The summed E-state index contributed by atoms with van der Waals surface area (Å²) < 4.78 is 0. The Morgan fingerprint density at radius 3 is 2.76 bits per heavy atom. The van der Waals surface area contributed by atoms with Crippen molar-refractivity contribution in [2.45, 2.75) is 37.8 Å². The van der Waals surface area contributed by atoms with Crippen molar-refractivity contribution in [2.75, 3.05) is 5.32 Å². The van der Waals surface area contributed by atoms with Gasteiger partial charge in [0, 0.05) is 5.69 Å². The van der Waals surface area contributed by atoms with Gasteiger partial charge in [0.25, 0.3) is 0 Å². The van der Waals surface area contributed by atoms with Crippen LogP contribution in [0.1, 0.15) is 36.0 Å². The molecule has 1 aliphatic rings. The van der Waals surface area contributed by atoms with Gasteiger partial charge in [0.1, 0.15) is 0 Å². The maximum atomic E-state index is 10.8. The van der Waals surface area contributed by atoms with E-state index in [1.165, 1.54) is 0 Å². The summed E-state index contributed by atoms with van der Waals surface area (Å²) in [5.41, 5.74) is 1.02. The summed E-state index contributed by atoms with van der Waals surface area (Å²) in [5, 5.41) is 21.9. The van der Waals surface area contributed by atoms with Gasteiger partial charge in [-0.3, -0.25) is 0 Å². The molecule has 1 aliphatic carbocycles. The molecule has 3 N–H and O–H groups in total. The van der Waals surface area contributed by atoms with Gasteiger partial charge >= 0.3 is 5.97 Å². The maximum absolute atomic E-state index is 10.8. The predicted octanol–water partition coefficient (Wildman–Crippen LogP) is 2.10. The first-order valence-corrected chi connectivity index (χ1v) is 5.95. The Balaban J connectivity index is 2.07. The van der Waals surface area contributed by atoms with E-state index in [1.807, 2.05) is 6.07 Å². The van der Waals surface area contributed by atoms with Crippen molar-refractivity contribution in [1.29, 1.82) is 0 Å². The third-order valence-corrected chi connectivity index (χ3v) is 3.19. The van der Waals surface area contributed by atoms with Crippen LogP contribution in [-0.4, -0.2) is 28.3 Å². The van der Waals surface area contributed by atoms with E-state index in [9.17, 15) is 9.90 Å². The molecule has 0 spiro atoms. The van der Waals surface area contributed by atoms with E-state index in [2.05, 4.69) is 5.32 Å². The summed E-state index contributed by atoms with van der Waals surface area (Å²) in [5.74, 6) is -0.933. The molecule has 0 amide bonds. The summed E-state index contributed by atoms with van der Waals surface area (Å²) in [6, 6.07) is 6.73. The van der Waals surface area contributed by atoms with Crippen molar-refractivity contribution in [1.82, 2.24) is 0 Å². The molecule has 0 aliphatic heterocycles. The summed E-state index contributed by atoms with van der Waals surface area (Å²) in [6.45, 7) is 0. The van der Waals surface area contributed by atoms with E-state index in [0.717, 1.165) is 31.4 Å². The third-order valence-electron chi connectivity index (χ3n) is 3.19. The monoisotopic (exact) mass is 235 g/mol. The van der Waals surface area contributed by atoms with E-state index in [4.69, 9.17) is 5.11 Å². The van der Waals surface area contributed by atoms with Crippen LogP contribution in [0, 0.1) is 0 Å². The van der Waals surface area contributed by atoms with Crippen LogP contribution >= 0.6 is 0 Å². The summed E-state index contributed by atoms with van der Waals surface area (Å²) >= 11 is 0. The zero-order valence-electron chi connectivity index (χ0n) is 9.60. The van der Waals surface area contributed by atoms with Gasteiger partial charge < -0.3 is 15.5 Å². The van der Waals surface area contributed by atoms with Crippen LogP contribution in [-0.2, 0) is 0 Å². The molecule has 2 rings (SSSR count). The number of carboxylic acid groups (broad SMARTS) is 1. The van der Waals surface area contributed by atoms with Crippen LogP contribution in [0.3, 0.4) is 0 Å². The van der Waals surface area contributed by atoms with Crippen LogP contribution in [0.25, 0.3) is 0 Å². The van der Waals surface area contributed by atoms with Crippen molar-refractivity contribution in [2.24, 2.45) is 0 Å². The van der Waals surface area contributed by atoms with Crippen molar-refractivity contribution in [3.63, 3.8) is 0 Å². The maximum Gasteiger partial charge on any atom is 0.335 e. The fraction of sp³-hybridized carbons (Fsp3) is 0.462. The van der Waals surface area contributed by atoms with Crippen molar-refractivity contribution in [3.8, 4) is 0 Å². The highest BCUT2D eigenvalue weighted by molar-refractivity contribution is 5.88. The molecule has 1 saturated carbocycles. The number of hydrogen-bond donors (Lipinski definition) is 3. The molecule has 92 valence electrons. The molecule has 0 heterocycles. The summed E-state index contributed by atoms with van der Waals surface area (Å²) in [4.78, 5) is 10.8. The minimum absolute atomic E-state index is 0.0350. The van der Waals surface area contributed by atoms with E-state index in [0.29, 0.717) is 0 Å². The van der Waals surface area contributed by atoms with E-state index in [-0.39, 0.29) is 17.7 Å². The Morgan fingerprint density at radius 2 is 2.06 bits per heavy atom. The topological polar surface area (TPSA) is 69.6 Å². The predicted molar refractivity (Wildman–Crippen MR) is 65.3 cm³/mol. The lowest BCUT2D eigenvalue weighted by Crippen LogP contribution is -2.36.